The number of phenolic OH excluding ortho intramolecular Hbond substituents is 3. The van der Waals surface area contributed by atoms with Crippen LogP contribution in [0.2, 0.25) is 10.0 Å². The van der Waals surface area contributed by atoms with E-state index >= 15 is 28.8 Å². The van der Waals surface area contributed by atoms with Crippen LogP contribution in [-0.4, -0.2) is 246 Å². The van der Waals surface area contributed by atoms with Gasteiger partial charge in [-0.25, -0.2) is 14.4 Å². The number of benzene rings is 7. The summed E-state index contributed by atoms with van der Waals surface area (Å²) >= 11 is 14.3. The number of halogens is 2. The molecular weight excluding hydrogens is 1820 g/mol. The quantitative estimate of drug-likeness (QED) is 0.0319. The number of carbonyl (C=O) groups is 10. The first kappa shape index (κ1) is 98.9. The fourth-order valence-electron chi connectivity index (χ4n) is 15.6. The second kappa shape index (κ2) is 40.9. The van der Waals surface area contributed by atoms with Gasteiger partial charge in [0.05, 0.1) is 90.7 Å². The van der Waals surface area contributed by atoms with Crippen molar-refractivity contribution in [3.05, 3.63) is 167 Å². The lowest BCUT2D eigenvalue weighted by atomic mass is 9.85. The van der Waals surface area contributed by atoms with Gasteiger partial charge in [-0.3, -0.25) is 58.7 Å². The van der Waals surface area contributed by atoms with Crippen molar-refractivity contribution in [2.24, 2.45) is 11.7 Å². The molecule has 0 aromatic heterocycles. The molecule has 0 spiro atoms. The first-order valence-electron chi connectivity index (χ1n) is 40.6. The molecule has 47 nitrogen and oxygen atoms in total. The van der Waals surface area contributed by atoms with E-state index in [0.29, 0.717) is 4.90 Å². The summed E-state index contributed by atoms with van der Waals surface area (Å²) in [4.78, 5) is 172. The highest BCUT2D eigenvalue weighted by Crippen LogP contribution is 2.51. The SMILES string of the molecule is COc1cc(COC(=O)N[C@@]2(C)C[C@H](O[C@H]3[C@H](Oc4c5cc6cc4Oc4ccc(cc4Cl)[C@@H](O)[C@@H](NC(=O)[C@@H](CC(C)C)N(C)C(=O)Oc4cc(OC)c(OC)cc4[N+](=O)[O-])C(=O)N[C@@H](CC(N)=O)C(=O)N[C@H]6C(=O)N[C@H]4C(=O)N[C@H](C(=O)N[C@H](C(=O)O)c6cc(O)cc(O)c6-c6cc4ccc6O)[C@H](O)c4ccc(c(Cl)c4)O5)O[C@H](CO)[C@@H](O)[C@@H]3O)O[C@@H](C)[C@H]2O)c([N+](=O)[O-])cc1OC. The van der Waals surface area contributed by atoms with Crippen LogP contribution in [0, 0.1) is 26.1 Å². The summed E-state index contributed by atoms with van der Waals surface area (Å²) in [6, 6.07) is 0.288. The second-order valence-electron chi connectivity index (χ2n) is 32.0. The Hall–Kier alpha value is -14.1. The zero-order valence-corrected chi connectivity index (χ0v) is 73.5. The Morgan fingerprint density at radius 3 is 1.81 bits per heavy atom. The summed E-state index contributed by atoms with van der Waals surface area (Å²) in [6.45, 7) is 3.97. The number of carboxylic acids is 1. The summed E-state index contributed by atoms with van der Waals surface area (Å²) in [7, 11) is 5.89. The number of carbonyl (C=O) groups excluding carboxylic acids is 9. The molecule has 7 aliphatic rings. The Labute approximate surface area is 767 Å². The van der Waals surface area contributed by atoms with Crippen LogP contribution in [0.4, 0.5) is 21.0 Å². The Morgan fingerprint density at radius 2 is 1.23 bits per heavy atom. The standard InChI is InChI=1S/C85H91Cl2N11O36/c1-32(2)16-47(96(5)84(118)132-52-28-56(126-9)55(125-8)27-46(52)98(121)122)76(110)93-66-68(104)35-11-14-50(42(86)18-35)129-57-20-37-21-58(72(57)134-82-73(71(107)70(106)59(30-99)131-82)133-61-29-85(4,74(108)33(3)128-61)95-83(117)127-31-38-22-53(123-6)54(124-7)26-45(38)97(119)120)130-51-15-12-36(19-43(51)87)69(105)67-80(114)92-65(81(115)116)41-23-39(100)24-49(102)62(41)40-17-34(10-13-48(40)101)63(77(111)94-67)91-78(112)64(37)90-75(109)44(25-60(88)103)89-79(66)113/h10-15,17-24,26-28,32-33,44,47,59,61,63-71,73-74,82,99-102,104-108H,16,25,29-31H2,1-9H3,(H2,88,103)(H,89,113)(H,90,109)(H,91,112)(H,92,114)(H,93,110)(H,94,111)(H,95,117)(H,115,116)/t33-,44-,47+,59+,61-,63+,64+,65-,66+,67-,68+,69+,70+,71-,73+,74+,82-,85-/m0/s1. The van der Waals surface area contributed by atoms with Crippen molar-refractivity contribution in [3.63, 3.8) is 0 Å². The molecule has 14 rings (SSSR count). The summed E-state index contributed by atoms with van der Waals surface area (Å²) in [5, 5.41) is 157. The zero-order chi connectivity index (χ0) is 97.8. The number of nitrogens with zero attached hydrogens (tertiary/aromatic N) is 3. The number of rotatable bonds is 23. The average molecular weight is 1910 g/mol. The van der Waals surface area contributed by atoms with Crippen molar-refractivity contribution in [1.82, 2.24) is 42.1 Å². The van der Waals surface area contributed by atoms with Crippen LogP contribution in [-0.2, 0) is 63.9 Å². The highest BCUT2D eigenvalue weighted by Gasteiger charge is 2.53. The minimum absolute atomic E-state index is 0.0246. The number of aliphatic carboxylic acids is 1. The van der Waals surface area contributed by atoms with Crippen molar-refractivity contribution in [1.29, 1.82) is 0 Å². The number of carboxylic acid groups (broad SMARTS) is 1. The van der Waals surface area contributed by atoms with E-state index in [1.165, 1.54) is 48.4 Å². The third-order valence-electron chi connectivity index (χ3n) is 22.5. The van der Waals surface area contributed by atoms with Crippen molar-refractivity contribution in [2.45, 2.75) is 163 Å². The molecule has 11 bridgehead atoms. The molecule has 9 amide bonds. The predicted octanol–water partition coefficient (Wildman–Crippen LogP) is 3.84. The smallest absolute Gasteiger partial charge is 0.415 e. The predicted molar refractivity (Wildman–Crippen MR) is 456 cm³/mol. The number of aliphatic hydroxyl groups excluding tert-OH is 6. The molecule has 0 saturated carbocycles. The monoisotopic (exact) mass is 1910 g/mol. The van der Waals surface area contributed by atoms with Gasteiger partial charge in [-0.05, 0) is 109 Å². The van der Waals surface area contributed by atoms with E-state index in [1.54, 1.807) is 13.8 Å². The number of nitrogens with one attached hydrogen (secondary N) is 7. The maximum absolute atomic E-state index is 16.4. The normalized spacial score (nSPS) is 24.7. The Bertz CT molecular complexity index is 5800. The highest BCUT2D eigenvalue weighted by atomic mass is 35.5. The van der Waals surface area contributed by atoms with Crippen LogP contribution in [0.3, 0.4) is 0 Å². The number of primary amides is 1. The molecule has 19 N–H and O–H groups in total. The van der Waals surface area contributed by atoms with Crippen LogP contribution in [0.15, 0.2) is 103 Å². The number of hydrogen-bond donors (Lipinski definition) is 18. The van der Waals surface area contributed by atoms with Crippen LogP contribution >= 0.6 is 23.2 Å². The lowest BCUT2D eigenvalue weighted by molar-refractivity contribution is -0.386. The number of amides is 9. The second-order valence-corrected chi connectivity index (χ2v) is 32.8. The number of likely N-dealkylation sites (N-methyl/N-ethyl adjacent to an activating group) is 1. The first-order chi connectivity index (χ1) is 63.4. The van der Waals surface area contributed by atoms with Gasteiger partial charge in [0.25, 0.3) is 5.69 Å². The number of nitro benzene ring substituents is 2. The third-order valence-corrected chi connectivity index (χ3v) is 23.1. The third kappa shape index (κ3) is 21.2. The van der Waals surface area contributed by atoms with Gasteiger partial charge in [0, 0.05) is 42.3 Å². The molecule has 2 fully saturated rings. The maximum atomic E-state index is 16.4. The van der Waals surface area contributed by atoms with Gasteiger partial charge in [-0.15, -0.1) is 0 Å². The fourth-order valence-corrected chi connectivity index (χ4v) is 16.1. The largest absolute Gasteiger partial charge is 0.508 e. The number of nitrogens with two attached hydrogens (primary N) is 1. The van der Waals surface area contributed by atoms with Crippen molar-refractivity contribution in [3.8, 4) is 85.9 Å². The van der Waals surface area contributed by atoms with Gasteiger partial charge in [-0.1, -0.05) is 55.2 Å². The summed E-state index contributed by atoms with van der Waals surface area (Å²) in [6.07, 6.45) is -25.1. The molecule has 134 heavy (non-hydrogen) atoms. The fraction of sp³-hybridized carbons (Fsp3) is 0.388. The van der Waals surface area contributed by atoms with Crippen LogP contribution in [0.25, 0.3) is 11.1 Å². The van der Waals surface area contributed by atoms with E-state index in [4.69, 9.17) is 85.8 Å². The van der Waals surface area contributed by atoms with E-state index in [2.05, 4.69) is 37.2 Å². The molecule has 7 aliphatic heterocycles. The molecule has 49 heteroatoms. The number of phenols is 3. The maximum Gasteiger partial charge on any atom is 0.415 e. The van der Waals surface area contributed by atoms with E-state index in [1.807, 2.05) is 0 Å². The Balaban J connectivity index is 1.03. The minimum Gasteiger partial charge on any atom is -0.508 e. The summed E-state index contributed by atoms with van der Waals surface area (Å²) in [5.41, 5.74) is -1.21. The number of fused-ring (bicyclic) bond motifs is 15. The lowest BCUT2D eigenvalue weighted by Gasteiger charge is -2.48. The number of alkyl carbamates (subject to hydrolysis) is 1. The molecule has 7 heterocycles. The molecule has 7 aromatic rings. The summed E-state index contributed by atoms with van der Waals surface area (Å²) in [5.74, 6) is -19.8. The lowest BCUT2D eigenvalue weighted by Crippen LogP contribution is -2.66. The first-order valence-corrected chi connectivity index (χ1v) is 41.3. The molecule has 7 aromatic carbocycles. The Morgan fingerprint density at radius 1 is 0.657 bits per heavy atom. The van der Waals surface area contributed by atoms with Crippen molar-refractivity contribution in [2.75, 3.05) is 42.1 Å². The molecular formula is C85H91Cl2N11O36. The van der Waals surface area contributed by atoms with Crippen LogP contribution in [0.1, 0.15) is 111 Å². The number of methoxy groups -OCH3 is 4. The van der Waals surface area contributed by atoms with Gasteiger partial charge < -0.3 is 151 Å². The number of ether oxygens (including phenoxy) is 12. The van der Waals surface area contributed by atoms with Gasteiger partial charge in [0.1, 0.15) is 108 Å². The van der Waals surface area contributed by atoms with Crippen LogP contribution in [0.5, 0.6) is 74.7 Å². The number of aliphatic hydroxyl groups is 6. The summed E-state index contributed by atoms with van der Waals surface area (Å²) < 4.78 is 70.9. The molecule has 2 saturated heterocycles. The molecule has 716 valence electrons. The van der Waals surface area contributed by atoms with E-state index in [0.717, 1.165) is 104 Å². The van der Waals surface area contributed by atoms with E-state index in [-0.39, 0.29) is 46.1 Å². The molecule has 0 unspecified atom stereocenters. The molecule has 18 atom stereocenters. The van der Waals surface area contributed by atoms with Crippen molar-refractivity contribution >= 4 is 94.1 Å². The van der Waals surface area contributed by atoms with Gasteiger partial charge in [0.15, 0.2) is 52.9 Å². The number of hydrogen-bond acceptors (Lipinski definition) is 35. The number of nitro groups is 2. The van der Waals surface area contributed by atoms with E-state index < -0.39 is 312 Å². The number of aromatic hydroxyl groups is 3. The topological polar surface area (TPSA) is 684 Å². The van der Waals surface area contributed by atoms with Crippen LogP contribution < -0.4 is 80.8 Å². The zero-order valence-electron chi connectivity index (χ0n) is 72.0. The Kier molecular flexibility index (Phi) is 30.2. The van der Waals surface area contributed by atoms with E-state index in [9.17, 15) is 90.5 Å². The minimum atomic E-state index is -2.54. The highest BCUT2D eigenvalue weighted by molar-refractivity contribution is 6.32. The van der Waals surface area contributed by atoms with Gasteiger partial charge >= 0.3 is 23.8 Å². The molecule has 0 aliphatic carbocycles. The average Bonchev–Trinajstić information content (AvgIpc) is 0.765. The van der Waals surface area contributed by atoms with Gasteiger partial charge in [-0.2, -0.15) is 0 Å². The van der Waals surface area contributed by atoms with Gasteiger partial charge in [0.2, 0.25) is 59.1 Å². The molecule has 0 radical (unpaired) electrons. The van der Waals surface area contributed by atoms with Crippen molar-refractivity contribution < 1.29 is 166 Å².